The van der Waals surface area contributed by atoms with E-state index in [1.807, 2.05) is 0 Å². The SMILES string of the molecule is CCC1NCCC1c1ccc(F)cc1F. The molecular weight excluding hydrogens is 196 g/mol. The Balaban J connectivity index is 2.28. The van der Waals surface area contributed by atoms with E-state index in [9.17, 15) is 8.78 Å². The Kier molecular flexibility index (Phi) is 3.00. The van der Waals surface area contributed by atoms with E-state index in [2.05, 4.69) is 12.2 Å². The highest BCUT2D eigenvalue weighted by atomic mass is 19.1. The van der Waals surface area contributed by atoms with Crippen molar-refractivity contribution in [1.29, 1.82) is 0 Å². The van der Waals surface area contributed by atoms with Gasteiger partial charge in [-0.1, -0.05) is 13.0 Å². The van der Waals surface area contributed by atoms with Gasteiger partial charge in [0.05, 0.1) is 0 Å². The molecule has 1 fully saturated rings. The van der Waals surface area contributed by atoms with Gasteiger partial charge in [0.25, 0.3) is 0 Å². The molecule has 1 N–H and O–H groups in total. The summed E-state index contributed by atoms with van der Waals surface area (Å²) in [5, 5.41) is 3.34. The molecule has 1 heterocycles. The molecule has 0 saturated carbocycles. The maximum absolute atomic E-state index is 13.5. The first-order valence-corrected chi connectivity index (χ1v) is 5.40. The monoisotopic (exact) mass is 211 g/mol. The second-order valence-corrected chi connectivity index (χ2v) is 4.03. The molecule has 0 radical (unpaired) electrons. The topological polar surface area (TPSA) is 12.0 Å². The van der Waals surface area contributed by atoms with Gasteiger partial charge < -0.3 is 5.32 Å². The fourth-order valence-electron chi connectivity index (χ4n) is 2.37. The Morgan fingerprint density at radius 2 is 2.20 bits per heavy atom. The molecular formula is C12H15F2N. The minimum Gasteiger partial charge on any atom is -0.313 e. The minimum atomic E-state index is -0.504. The average molecular weight is 211 g/mol. The Hall–Kier alpha value is -0.960. The molecule has 15 heavy (non-hydrogen) atoms. The number of hydrogen-bond donors (Lipinski definition) is 1. The summed E-state index contributed by atoms with van der Waals surface area (Å²) in [7, 11) is 0. The highest BCUT2D eigenvalue weighted by Gasteiger charge is 2.28. The second kappa shape index (κ2) is 4.27. The summed E-state index contributed by atoms with van der Waals surface area (Å²) in [6.07, 6.45) is 1.91. The van der Waals surface area contributed by atoms with Crippen LogP contribution in [-0.4, -0.2) is 12.6 Å². The van der Waals surface area contributed by atoms with Gasteiger partial charge in [-0.05, 0) is 31.0 Å². The van der Waals surface area contributed by atoms with Gasteiger partial charge in [0, 0.05) is 18.0 Å². The van der Waals surface area contributed by atoms with E-state index < -0.39 is 11.6 Å². The third-order valence-electron chi connectivity index (χ3n) is 3.15. The predicted octanol–water partition coefficient (Wildman–Crippen LogP) is 2.82. The van der Waals surface area contributed by atoms with E-state index in [1.165, 1.54) is 6.07 Å². The van der Waals surface area contributed by atoms with Crippen LogP contribution in [0.25, 0.3) is 0 Å². The van der Waals surface area contributed by atoms with Crippen LogP contribution >= 0.6 is 0 Å². The van der Waals surface area contributed by atoms with Crippen LogP contribution in [0.1, 0.15) is 31.2 Å². The molecule has 2 rings (SSSR count). The molecule has 0 aliphatic carbocycles. The maximum atomic E-state index is 13.5. The standard InChI is InChI=1S/C12H15F2N/c1-2-12-10(5-6-15-12)9-4-3-8(13)7-11(9)14/h3-4,7,10,12,15H,2,5-6H2,1H3. The third-order valence-corrected chi connectivity index (χ3v) is 3.15. The number of benzene rings is 1. The highest BCUT2D eigenvalue weighted by molar-refractivity contribution is 5.25. The smallest absolute Gasteiger partial charge is 0.129 e. The predicted molar refractivity (Wildman–Crippen MR) is 55.8 cm³/mol. The first-order valence-electron chi connectivity index (χ1n) is 5.40. The van der Waals surface area contributed by atoms with Crippen LogP contribution in [-0.2, 0) is 0 Å². The molecule has 1 aliphatic heterocycles. The lowest BCUT2D eigenvalue weighted by atomic mass is 9.90. The Labute approximate surface area is 88.5 Å². The van der Waals surface area contributed by atoms with Gasteiger partial charge in [0.15, 0.2) is 0 Å². The van der Waals surface area contributed by atoms with Crippen molar-refractivity contribution in [2.24, 2.45) is 0 Å². The van der Waals surface area contributed by atoms with Crippen LogP contribution in [0.15, 0.2) is 18.2 Å². The van der Waals surface area contributed by atoms with Crippen molar-refractivity contribution in [3.05, 3.63) is 35.4 Å². The summed E-state index contributed by atoms with van der Waals surface area (Å²) in [6, 6.07) is 4.21. The molecule has 2 unspecified atom stereocenters. The molecule has 0 bridgehead atoms. The van der Waals surface area contributed by atoms with Gasteiger partial charge in [0.1, 0.15) is 11.6 Å². The number of hydrogen-bond acceptors (Lipinski definition) is 1. The van der Waals surface area contributed by atoms with Gasteiger partial charge in [-0.3, -0.25) is 0 Å². The summed E-state index contributed by atoms with van der Waals surface area (Å²) < 4.78 is 26.3. The van der Waals surface area contributed by atoms with Crippen molar-refractivity contribution in [3.8, 4) is 0 Å². The molecule has 0 aromatic heterocycles. The van der Waals surface area contributed by atoms with Gasteiger partial charge in [-0.15, -0.1) is 0 Å². The molecule has 1 saturated heterocycles. The first-order chi connectivity index (χ1) is 7.22. The lowest BCUT2D eigenvalue weighted by Gasteiger charge is -2.18. The summed E-state index contributed by atoms with van der Waals surface area (Å²) in [4.78, 5) is 0. The molecule has 3 heteroatoms. The molecule has 0 amide bonds. The molecule has 82 valence electrons. The van der Waals surface area contributed by atoms with Crippen molar-refractivity contribution < 1.29 is 8.78 Å². The number of rotatable bonds is 2. The number of halogens is 2. The molecule has 1 nitrogen and oxygen atoms in total. The second-order valence-electron chi connectivity index (χ2n) is 4.03. The zero-order chi connectivity index (χ0) is 10.8. The summed E-state index contributed by atoms with van der Waals surface area (Å²) in [6.45, 7) is 3.00. The van der Waals surface area contributed by atoms with E-state index in [1.54, 1.807) is 6.07 Å². The van der Waals surface area contributed by atoms with Crippen LogP contribution in [0.4, 0.5) is 8.78 Å². The van der Waals surface area contributed by atoms with Crippen molar-refractivity contribution in [1.82, 2.24) is 5.32 Å². The lowest BCUT2D eigenvalue weighted by Crippen LogP contribution is -2.25. The van der Waals surface area contributed by atoms with Gasteiger partial charge in [-0.2, -0.15) is 0 Å². The summed E-state index contributed by atoms with van der Waals surface area (Å²) >= 11 is 0. The van der Waals surface area contributed by atoms with Crippen LogP contribution < -0.4 is 5.32 Å². The summed E-state index contributed by atoms with van der Waals surface area (Å²) in [5.41, 5.74) is 0.647. The molecule has 1 aromatic carbocycles. The van der Waals surface area contributed by atoms with Crippen LogP contribution in [0.5, 0.6) is 0 Å². The van der Waals surface area contributed by atoms with Crippen LogP contribution in [0, 0.1) is 11.6 Å². The Morgan fingerprint density at radius 1 is 1.40 bits per heavy atom. The highest BCUT2D eigenvalue weighted by Crippen LogP contribution is 2.31. The first kappa shape index (κ1) is 10.6. The molecule has 2 atom stereocenters. The zero-order valence-corrected chi connectivity index (χ0v) is 8.76. The van der Waals surface area contributed by atoms with E-state index in [-0.39, 0.29) is 5.92 Å². The van der Waals surface area contributed by atoms with E-state index in [0.717, 1.165) is 25.5 Å². The third kappa shape index (κ3) is 2.02. The molecule has 1 aromatic rings. The molecule has 1 aliphatic rings. The van der Waals surface area contributed by atoms with E-state index in [0.29, 0.717) is 11.6 Å². The van der Waals surface area contributed by atoms with Crippen molar-refractivity contribution >= 4 is 0 Å². The number of nitrogens with one attached hydrogen (secondary N) is 1. The Bertz CT molecular complexity index is 351. The zero-order valence-electron chi connectivity index (χ0n) is 8.76. The van der Waals surface area contributed by atoms with E-state index >= 15 is 0 Å². The maximum Gasteiger partial charge on any atom is 0.129 e. The van der Waals surface area contributed by atoms with E-state index in [4.69, 9.17) is 0 Å². The van der Waals surface area contributed by atoms with Gasteiger partial charge >= 0.3 is 0 Å². The van der Waals surface area contributed by atoms with Crippen molar-refractivity contribution in [2.75, 3.05) is 6.54 Å². The Morgan fingerprint density at radius 3 is 2.87 bits per heavy atom. The fraction of sp³-hybridized carbons (Fsp3) is 0.500. The van der Waals surface area contributed by atoms with Crippen molar-refractivity contribution in [3.63, 3.8) is 0 Å². The fourth-order valence-corrected chi connectivity index (χ4v) is 2.37. The lowest BCUT2D eigenvalue weighted by molar-refractivity contribution is 0.499. The van der Waals surface area contributed by atoms with Gasteiger partial charge in [-0.25, -0.2) is 8.78 Å². The van der Waals surface area contributed by atoms with Gasteiger partial charge in [0.2, 0.25) is 0 Å². The minimum absolute atomic E-state index is 0.190. The summed E-state index contributed by atoms with van der Waals surface area (Å²) in [5.74, 6) is -0.729. The van der Waals surface area contributed by atoms with Crippen molar-refractivity contribution in [2.45, 2.75) is 31.7 Å². The van der Waals surface area contributed by atoms with Crippen LogP contribution in [0.2, 0.25) is 0 Å². The van der Waals surface area contributed by atoms with Crippen LogP contribution in [0.3, 0.4) is 0 Å². The normalized spacial score (nSPS) is 25.8. The average Bonchev–Trinajstić information content (AvgIpc) is 2.65. The molecule has 0 spiro atoms. The quantitative estimate of drug-likeness (QED) is 0.793. The largest absolute Gasteiger partial charge is 0.313 e.